The molecule has 1 fully saturated rings. The Hall–Kier alpha value is -2.37. The highest BCUT2D eigenvalue weighted by molar-refractivity contribution is 5.73. The Labute approximate surface area is 123 Å². The van der Waals surface area contributed by atoms with E-state index in [1.807, 2.05) is 35.2 Å². The van der Waals surface area contributed by atoms with Crippen molar-refractivity contribution in [2.45, 2.75) is 25.8 Å². The molecule has 3 rings (SSSR count). The Morgan fingerprint density at radius 3 is 2.95 bits per heavy atom. The topological polar surface area (TPSA) is 71.3 Å². The van der Waals surface area contributed by atoms with Gasteiger partial charge in [-0.1, -0.05) is 35.5 Å². The van der Waals surface area contributed by atoms with E-state index < -0.39 is 0 Å². The molecule has 0 saturated carbocycles. The molecule has 0 unspecified atom stereocenters. The lowest BCUT2D eigenvalue weighted by Gasteiger charge is -2.31. The molecule has 1 aromatic carbocycles. The van der Waals surface area contributed by atoms with Gasteiger partial charge < -0.3 is 14.7 Å². The largest absolute Gasteiger partial charge is 0.341 e. The minimum Gasteiger partial charge on any atom is -0.341 e. The van der Waals surface area contributed by atoms with Gasteiger partial charge in [0.15, 0.2) is 0 Å². The summed E-state index contributed by atoms with van der Waals surface area (Å²) in [6, 6.07) is 10.3. The number of likely N-dealkylation sites (tertiary alicyclic amines) is 1. The standard InChI is InChI=1S/C15H18N4O2/c1-11(20)19-9-5-8-13(10-19)16-15-17-14(18-21-15)12-6-3-2-4-7-12/h2-4,6-7,13H,5,8-10H2,1H3,(H,16,17,18)/t13-/m1/s1. The SMILES string of the molecule is CC(=O)N1CCC[C@@H](Nc2nc(-c3ccccc3)no2)C1. The van der Waals surface area contributed by atoms with Gasteiger partial charge in [-0.15, -0.1) is 0 Å². The van der Waals surface area contributed by atoms with E-state index in [4.69, 9.17) is 4.52 Å². The van der Waals surface area contributed by atoms with Gasteiger partial charge in [0.2, 0.25) is 11.7 Å². The van der Waals surface area contributed by atoms with Crippen LogP contribution in [0.15, 0.2) is 34.9 Å². The lowest BCUT2D eigenvalue weighted by atomic mass is 10.1. The van der Waals surface area contributed by atoms with E-state index >= 15 is 0 Å². The predicted molar refractivity (Wildman–Crippen MR) is 78.6 cm³/mol. The number of piperidine rings is 1. The van der Waals surface area contributed by atoms with Crippen molar-refractivity contribution in [2.75, 3.05) is 18.4 Å². The highest BCUT2D eigenvalue weighted by Gasteiger charge is 2.22. The fraction of sp³-hybridized carbons (Fsp3) is 0.400. The van der Waals surface area contributed by atoms with Gasteiger partial charge >= 0.3 is 6.01 Å². The summed E-state index contributed by atoms with van der Waals surface area (Å²) < 4.78 is 5.24. The Morgan fingerprint density at radius 1 is 1.38 bits per heavy atom. The van der Waals surface area contributed by atoms with Gasteiger partial charge in [0.1, 0.15) is 0 Å². The first-order valence-corrected chi connectivity index (χ1v) is 7.13. The number of rotatable bonds is 3. The minimum absolute atomic E-state index is 0.108. The van der Waals surface area contributed by atoms with Gasteiger partial charge in [0.05, 0.1) is 0 Å². The molecule has 0 spiro atoms. The fourth-order valence-electron chi connectivity index (χ4n) is 2.54. The van der Waals surface area contributed by atoms with Crippen LogP contribution in [-0.2, 0) is 4.79 Å². The molecule has 0 bridgehead atoms. The van der Waals surface area contributed by atoms with Crippen LogP contribution >= 0.6 is 0 Å². The van der Waals surface area contributed by atoms with E-state index in [2.05, 4.69) is 15.5 Å². The second-order valence-corrected chi connectivity index (χ2v) is 5.24. The number of carbonyl (C=O) groups excluding carboxylic acids is 1. The number of aromatic nitrogens is 2. The summed E-state index contributed by atoms with van der Waals surface area (Å²) in [6.07, 6.45) is 1.98. The Kier molecular flexibility index (Phi) is 3.85. The normalized spacial score (nSPS) is 18.5. The quantitative estimate of drug-likeness (QED) is 0.936. The van der Waals surface area contributed by atoms with E-state index in [-0.39, 0.29) is 11.9 Å². The maximum Gasteiger partial charge on any atom is 0.322 e. The van der Waals surface area contributed by atoms with Crippen molar-refractivity contribution in [1.82, 2.24) is 15.0 Å². The predicted octanol–water partition coefficient (Wildman–Crippen LogP) is 2.16. The third-order valence-corrected chi connectivity index (χ3v) is 3.65. The van der Waals surface area contributed by atoms with E-state index in [0.717, 1.165) is 24.9 Å². The third kappa shape index (κ3) is 3.21. The van der Waals surface area contributed by atoms with Gasteiger partial charge in [-0.2, -0.15) is 4.98 Å². The molecule has 1 saturated heterocycles. The van der Waals surface area contributed by atoms with Gasteiger partial charge in [0.25, 0.3) is 0 Å². The van der Waals surface area contributed by atoms with Crippen molar-refractivity contribution in [1.29, 1.82) is 0 Å². The number of amides is 1. The number of carbonyl (C=O) groups is 1. The second-order valence-electron chi connectivity index (χ2n) is 5.24. The molecule has 1 N–H and O–H groups in total. The van der Waals surface area contributed by atoms with Crippen molar-refractivity contribution in [3.05, 3.63) is 30.3 Å². The summed E-state index contributed by atoms with van der Waals surface area (Å²) in [6.45, 7) is 3.10. The lowest BCUT2D eigenvalue weighted by molar-refractivity contribution is -0.129. The van der Waals surface area contributed by atoms with Crippen LogP contribution < -0.4 is 5.32 Å². The highest BCUT2D eigenvalue weighted by Crippen LogP contribution is 2.19. The molecule has 1 aromatic heterocycles. The van der Waals surface area contributed by atoms with Crippen molar-refractivity contribution in [2.24, 2.45) is 0 Å². The fourth-order valence-corrected chi connectivity index (χ4v) is 2.54. The molecule has 2 heterocycles. The molecule has 110 valence electrons. The second kappa shape index (κ2) is 5.95. The zero-order chi connectivity index (χ0) is 14.7. The molecule has 0 radical (unpaired) electrons. The summed E-state index contributed by atoms with van der Waals surface area (Å²) in [5, 5.41) is 7.20. The van der Waals surface area contributed by atoms with E-state index in [9.17, 15) is 4.79 Å². The van der Waals surface area contributed by atoms with Crippen LogP contribution in [0.4, 0.5) is 6.01 Å². The number of hydrogen-bond acceptors (Lipinski definition) is 5. The van der Waals surface area contributed by atoms with Crippen molar-refractivity contribution in [3.8, 4) is 11.4 Å². The number of hydrogen-bond donors (Lipinski definition) is 1. The van der Waals surface area contributed by atoms with Crippen LogP contribution in [0.5, 0.6) is 0 Å². The average Bonchev–Trinajstić information content (AvgIpc) is 2.97. The molecule has 1 aliphatic rings. The van der Waals surface area contributed by atoms with Crippen LogP contribution in [0.1, 0.15) is 19.8 Å². The van der Waals surface area contributed by atoms with Crippen LogP contribution in [-0.4, -0.2) is 40.1 Å². The van der Waals surface area contributed by atoms with Crippen LogP contribution in [0.2, 0.25) is 0 Å². The molecule has 6 nitrogen and oxygen atoms in total. The lowest BCUT2D eigenvalue weighted by Crippen LogP contribution is -2.44. The molecule has 1 aliphatic heterocycles. The molecule has 21 heavy (non-hydrogen) atoms. The molecule has 6 heteroatoms. The molecular weight excluding hydrogens is 268 g/mol. The van der Waals surface area contributed by atoms with E-state index in [0.29, 0.717) is 18.4 Å². The minimum atomic E-state index is 0.108. The van der Waals surface area contributed by atoms with Gasteiger partial charge in [-0.3, -0.25) is 4.79 Å². The smallest absolute Gasteiger partial charge is 0.322 e. The van der Waals surface area contributed by atoms with Crippen LogP contribution in [0.25, 0.3) is 11.4 Å². The zero-order valence-corrected chi connectivity index (χ0v) is 12.0. The first kappa shape index (κ1) is 13.6. The van der Waals surface area contributed by atoms with Crippen LogP contribution in [0, 0.1) is 0 Å². The number of anilines is 1. The maximum atomic E-state index is 11.4. The number of benzene rings is 1. The van der Waals surface area contributed by atoms with E-state index in [1.165, 1.54) is 0 Å². The molecule has 2 aromatic rings. The molecular formula is C15H18N4O2. The summed E-state index contributed by atoms with van der Waals surface area (Å²) in [5.74, 6) is 0.675. The first-order chi connectivity index (χ1) is 10.2. The third-order valence-electron chi connectivity index (χ3n) is 3.65. The summed E-state index contributed by atoms with van der Waals surface area (Å²) in [5.41, 5.74) is 0.920. The molecule has 1 atom stereocenters. The van der Waals surface area contributed by atoms with Gasteiger partial charge in [0, 0.05) is 31.6 Å². The van der Waals surface area contributed by atoms with Crippen LogP contribution in [0.3, 0.4) is 0 Å². The van der Waals surface area contributed by atoms with Gasteiger partial charge in [-0.05, 0) is 12.8 Å². The Morgan fingerprint density at radius 2 is 2.19 bits per heavy atom. The number of nitrogens with one attached hydrogen (secondary N) is 1. The molecule has 1 amide bonds. The molecule has 0 aliphatic carbocycles. The first-order valence-electron chi connectivity index (χ1n) is 7.13. The monoisotopic (exact) mass is 286 g/mol. The maximum absolute atomic E-state index is 11.4. The van der Waals surface area contributed by atoms with Crippen molar-refractivity contribution < 1.29 is 9.32 Å². The van der Waals surface area contributed by atoms with E-state index in [1.54, 1.807) is 6.92 Å². The summed E-state index contributed by atoms with van der Waals surface area (Å²) >= 11 is 0. The Bertz CT molecular complexity index is 611. The van der Waals surface area contributed by atoms with Crippen molar-refractivity contribution in [3.63, 3.8) is 0 Å². The zero-order valence-electron chi connectivity index (χ0n) is 12.0. The van der Waals surface area contributed by atoms with Crippen molar-refractivity contribution >= 4 is 11.9 Å². The Balaban J connectivity index is 1.66. The number of nitrogens with zero attached hydrogens (tertiary/aromatic N) is 3. The summed E-state index contributed by atoms with van der Waals surface area (Å²) in [7, 11) is 0. The highest BCUT2D eigenvalue weighted by atomic mass is 16.5. The summed E-state index contributed by atoms with van der Waals surface area (Å²) in [4.78, 5) is 17.6. The van der Waals surface area contributed by atoms with Gasteiger partial charge in [-0.25, -0.2) is 0 Å². The average molecular weight is 286 g/mol.